The number of urea groups is 1. The van der Waals surface area contributed by atoms with E-state index < -0.39 is 5.97 Å². The summed E-state index contributed by atoms with van der Waals surface area (Å²) < 4.78 is 65.7. The molecular weight excluding hydrogens is 853 g/mol. The van der Waals surface area contributed by atoms with Crippen molar-refractivity contribution >= 4 is 35.6 Å². The predicted molar refractivity (Wildman–Crippen MR) is 231 cm³/mol. The number of nitrogens with one attached hydrogen (secondary N) is 4. The number of aliphatic carboxylic acids is 1. The Balaban J connectivity index is 1.13. The van der Waals surface area contributed by atoms with Crippen LogP contribution in [0.5, 0.6) is 0 Å². The quantitative estimate of drug-likeness (QED) is 0.0409. The van der Waals surface area contributed by atoms with Gasteiger partial charge in [-0.3, -0.25) is 14.4 Å². The molecule has 22 heteroatoms. The first-order valence-corrected chi connectivity index (χ1v) is 23.4. The molecule has 21 nitrogen and oxygen atoms in total. The van der Waals surface area contributed by atoms with Gasteiger partial charge in [-0.2, -0.15) is 11.8 Å². The van der Waals surface area contributed by atoms with E-state index in [2.05, 4.69) is 21.3 Å². The van der Waals surface area contributed by atoms with Crippen molar-refractivity contribution in [2.75, 3.05) is 177 Å². The van der Waals surface area contributed by atoms with Gasteiger partial charge in [-0.25, -0.2) is 4.79 Å². The van der Waals surface area contributed by atoms with E-state index in [0.29, 0.717) is 183 Å². The lowest BCUT2D eigenvalue weighted by Gasteiger charge is -2.16. The molecule has 0 unspecified atom stereocenters. The van der Waals surface area contributed by atoms with Crippen molar-refractivity contribution in [2.45, 2.75) is 62.3 Å². The van der Waals surface area contributed by atoms with Gasteiger partial charge in [-0.05, 0) is 19.3 Å². The minimum atomic E-state index is -0.877. The first kappa shape index (κ1) is 56.7. The number of carbonyl (C=O) groups excluding carboxylic acids is 3. The monoisotopic (exact) mass is 928 g/mol. The molecule has 4 amide bonds. The highest BCUT2D eigenvalue weighted by atomic mass is 32.2. The zero-order valence-electron chi connectivity index (χ0n) is 37.2. The van der Waals surface area contributed by atoms with E-state index in [9.17, 15) is 19.2 Å². The predicted octanol–water partition coefficient (Wildman–Crippen LogP) is 0.399. The van der Waals surface area contributed by atoms with Crippen molar-refractivity contribution in [1.82, 2.24) is 21.3 Å². The highest BCUT2D eigenvalue weighted by Crippen LogP contribution is 2.33. The molecule has 0 aromatic carbocycles. The van der Waals surface area contributed by atoms with E-state index in [4.69, 9.17) is 61.9 Å². The van der Waals surface area contributed by atoms with Crippen LogP contribution in [0, 0.1) is 0 Å². The Morgan fingerprint density at radius 2 is 0.857 bits per heavy atom. The Morgan fingerprint density at radius 3 is 1.29 bits per heavy atom. The maximum absolute atomic E-state index is 12.1. The molecule has 2 fully saturated rings. The summed E-state index contributed by atoms with van der Waals surface area (Å²) in [5, 5.41) is 20.5. The van der Waals surface area contributed by atoms with Gasteiger partial charge in [0.05, 0.1) is 171 Å². The number of amides is 4. The minimum Gasteiger partial charge on any atom is -0.481 e. The number of ether oxygens (including phenoxy) is 12. The fourth-order valence-electron chi connectivity index (χ4n) is 5.87. The van der Waals surface area contributed by atoms with Gasteiger partial charge in [0.1, 0.15) is 0 Å². The lowest BCUT2D eigenvalue weighted by molar-refractivity contribution is -0.137. The summed E-state index contributed by atoms with van der Waals surface area (Å²) in [5.41, 5.74) is 0. The Bertz CT molecular complexity index is 1140. The number of fused-ring (bicyclic) bond motifs is 1. The van der Waals surface area contributed by atoms with Crippen molar-refractivity contribution < 1.29 is 81.1 Å². The second-order valence-electron chi connectivity index (χ2n) is 14.2. The van der Waals surface area contributed by atoms with E-state index >= 15 is 0 Å². The molecule has 0 saturated carbocycles. The second-order valence-corrected chi connectivity index (χ2v) is 15.4. The highest BCUT2D eigenvalue weighted by Gasteiger charge is 2.42. The van der Waals surface area contributed by atoms with Gasteiger partial charge in [0, 0.05) is 43.4 Å². The average molecular weight is 929 g/mol. The van der Waals surface area contributed by atoms with Crippen molar-refractivity contribution in [3.8, 4) is 0 Å². The summed E-state index contributed by atoms with van der Waals surface area (Å²) in [4.78, 5) is 45.5. The third-order valence-corrected chi connectivity index (χ3v) is 10.6. The summed E-state index contributed by atoms with van der Waals surface area (Å²) >= 11 is 1.90. The number of carboxylic acids is 1. The number of hydrogen-bond acceptors (Lipinski definition) is 17. The van der Waals surface area contributed by atoms with Crippen LogP contribution < -0.4 is 21.3 Å². The number of carboxylic acid groups (broad SMARTS) is 1. The maximum atomic E-state index is 12.1. The summed E-state index contributed by atoms with van der Waals surface area (Å²) in [5.74, 6) is -0.0522. The van der Waals surface area contributed by atoms with Crippen LogP contribution in [-0.2, 0) is 71.2 Å². The lowest BCUT2D eigenvalue weighted by Crippen LogP contribution is -2.36. The van der Waals surface area contributed by atoms with E-state index in [0.717, 1.165) is 25.0 Å². The van der Waals surface area contributed by atoms with Crippen LogP contribution in [0.2, 0.25) is 0 Å². The van der Waals surface area contributed by atoms with E-state index in [1.165, 1.54) is 0 Å². The van der Waals surface area contributed by atoms with Gasteiger partial charge >= 0.3 is 12.0 Å². The molecule has 2 rings (SSSR count). The summed E-state index contributed by atoms with van der Waals surface area (Å²) in [6.07, 6.45) is 3.97. The largest absolute Gasteiger partial charge is 0.481 e. The van der Waals surface area contributed by atoms with E-state index in [-0.39, 0.29) is 49.4 Å². The van der Waals surface area contributed by atoms with Crippen LogP contribution in [0.25, 0.3) is 0 Å². The third-order valence-electron chi connectivity index (χ3n) is 9.10. The fourth-order valence-corrected chi connectivity index (χ4v) is 7.41. The van der Waals surface area contributed by atoms with Crippen molar-refractivity contribution in [3.63, 3.8) is 0 Å². The van der Waals surface area contributed by atoms with Crippen LogP contribution in [0.4, 0.5) is 4.79 Å². The SMILES string of the molecule is O=C(O)CCCNC(=O)CCOCCOCCOCCOCCOCCOCCOCCOCCOCCOCCOCCOCCNC(=O)CCCC[C@@H]1SC[C@@H]2NC(=O)N[C@@H]21. The van der Waals surface area contributed by atoms with Crippen LogP contribution in [-0.4, -0.2) is 224 Å². The van der Waals surface area contributed by atoms with Crippen LogP contribution >= 0.6 is 11.8 Å². The summed E-state index contributed by atoms with van der Waals surface area (Å²) in [6.45, 7) is 11.6. The molecule has 0 radical (unpaired) electrons. The van der Waals surface area contributed by atoms with Gasteiger partial charge in [0.2, 0.25) is 11.8 Å². The average Bonchev–Trinajstić information content (AvgIpc) is 3.83. The van der Waals surface area contributed by atoms with Gasteiger partial charge in [-0.15, -0.1) is 0 Å². The first-order valence-electron chi connectivity index (χ1n) is 22.3. The Labute approximate surface area is 376 Å². The molecule has 2 heterocycles. The van der Waals surface area contributed by atoms with Crippen molar-refractivity contribution in [3.05, 3.63) is 0 Å². The number of carbonyl (C=O) groups is 4. The number of hydrogen-bond donors (Lipinski definition) is 5. The van der Waals surface area contributed by atoms with Crippen molar-refractivity contribution in [1.29, 1.82) is 0 Å². The molecule has 3 atom stereocenters. The van der Waals surface area contributed by atoms with Gasteiger partial charge in [0.15, 0.2) is 0 Å². The van der Waals surface area contributed by atoms with Crippen LogP contribution in [0.15, 0.2) is 0 Å². The Kier molecular flexibility index (Phi) is 38.0. The molecule has 2 aliphatic heterocycles. The molecule has 0 aliphatic carbocycles. The van der Waals surface area contributed by atoms with Crippen LogP contribution in [0.1, 0.15) is 44.9 Å². The molecule has 5 N–H and O–H groups in total. The molecule has 0 spiro atoms. The summed E-state index contributed by atoms with van der Waals surface area (Å²) in [7, 11) is 0. The van der Waals surface area contributed by atoms with E-state index in [1.807, 2.05) is 11.8 Å². The van der Waals surface area contributed by atoms with E-state index in [1.54, 1.807) is 0 Å². The normalized spacial score (nSPS) is 16.8. The molecule has 2 aliphatic rings. The smallest absolute Gasteiger partial charge is 0.315 e. The molecule has 368 valence electrons. The number of unbranched alkanes of at least 4 members (excludes halogenated alkanes) is 1. The van der Waals surface area contributed by atoms with Gasteiger partial charge < -0.3 is 83.2 Å². The standard InChI is InChI=1S/C41H76N4O17S/c46-37(5-2-1-4-36-40-35(34-63-36)44-41(50)45-40)43-9-11-52-13-15-54-17-19-56-21-23-58-25-27-60-29-31-62-33-32-61-30-28-59-26-24-57-22-20-55-18-16-53-14-12-51-10-7-38(47)42-8-3-6-39(48)49/h35-36,40H,1-34H2,(H,42,47)(H,43,46)(H,48,49)(H2,44,45,50)/t35-,36-,40-/m0/s1. The number of thioether (sulfide) groups is 1. The first-order chi connectivity index (χ1) is 31.0. The molecule has 2 saturated heterocycles. The zero-order chi connectivity index (χ0) is 45.1. The fraction of sp³-hybridized carbons (Fsp3) is 0.902. The van der Waals surface area contributed by atoms with Gasteiger partial charge in [0.25, 0.3) is 0 Å². The van der Waals surface area contributed by atoms with Crippen LogP contribution in [0.3, 0.4) is 0 Å². The second kappa shape index (κ2) is 42.2. The molecule has 63 heavy (non-hydrogen) atoms. The minimum absolute atomic E-state index is 0.0343. The third kappa shape index (κ3) is 35.5. The Morgan fingerprint density at radius 1 is 0.476 bits per heavy atom. The summed E-state index contributed by atoms with van der Waals surface area (Å²) in [6, 6.07) is 0.388. The topological polar surface area (TPSA) is 247 Å². The zero-order valence-corrected chi connectivity index (χ0v) is 38.0. The van der Waals surface area contributed by atoms with Gasteiger partial charge in [-0.1, -0.05) is 6.42 Å². The Hall–Kier alpha value is -2.45. The highest BCUT2D eigenvalue weighted by molar-refractivity contribution is 8.00. The molecule has 0 bridgehead atoms. The molecule has 0 aromatic rings. The maximum Gasteiger partial charge on any atom is 0.315 e. The number of rotatable bonds is 48. The van der Waals surface area contributed by atoms with Crippen molar-refractivity contribution in [2.24, 2.45) is 0 Å². The molecular formula is C41H76N4O17S. The molecule has 0 aromatic heterocycles. The lowest BCUT2D eigenvalue weighted by atomic mass is 10.0.